The first-order chi connectivity index (χ1) is 14.2. The molecule has 1 aromatic heterocycles. The summed E-state index contributed by atoms with van der Waals surface area (Å²) < 4.78 is 0. The number of carbonyl (C=O) groups excluding carboxylic acids is 1. The minimum absolute atomic E-state index is 0.0744. The number of nitrogens with zero attached hydrogens (tertiary/aromatic N) is 2. The van der Waals surface area contributed by atoms with E-state index >= 15 is 0 Å². The molecule has 1 aliphatic heterocycles. The molecule has 1 fully saturated rings. The average Bonchev–Trinajstić information content (AvgIpc) is 2.79. The largest absolute Gasteiger partial charge is 0.339 e. The van der Waals surface area contributed by atoms with Crippen LogP contribution in [0, 0.1) is 11.3 Å². The molecule has 2 heterocycles. The molecule has 0 spiro atoms. The minimum Gasteiger partial charge on any atom is -0.339 e. The van der Waals surface area contributed by atoms with Gasteiger partial charge in [-0.1, -0.05) is 55.0 Å². The van der Waals surface area contributed by atoms with Crippen molar-refractivity contribution in [3.8, 4) is 17.2 Å². The van der Waals surface area contributed by atoms with Crippen LogP contribution in [0.25, 0.3) is 22.0 Å². The van der Waals surface area contributed by atoms with E-state index in [0.29, 0.717) is 6.42 Å². The van der Waals surface area contributed by atoms with Crippen LogP contribution in [-0.2, 0) is 11.2 Å². The van der Waals surface area contributed by atoms with E-state index in [-0.39, 0.29) is 11.9 Å². The van der Waals surface area contributed by atoms with Crippen molar-refractivity contribution in [1.29, 1.82) is 5.26 Å². The molecule has 1 amide bonds. The van der Waals surface area contributed by atoms with Gasteiger partial charge in [-0.15, -0.1) is 0 Å². The summed E-state index contributed by atoms with van der Waals surface area (Å²) in [5.41, 5.74) is 4.17. The van der Waals surface area contributed by atoms with E-state index in [0.717, 1.165) is 53.4 Å². The second-order valence-corrected chi connectivity index (χ2v) is 7.47. The molecular formula is C24H24N4O. The molecular weight excluding hydrogens is 360 g/mol. The summed E-state index contributed by atoms with van der Waals surface area (Å²) in [7, 11) is 0. The summed E-state index contributed by atoms with van der Waals surface area (Å²) in [6, 6.07) is 19.8. The Kier molecular flexibility index (Phi) is 5.83. The number of nitriles is 1. The van der Waals surface area contributed by atoms with E-state index in [1.165, 1.54) is 0 Å². The normalized spacial score (nSPS) is 17.4. The van der Waals surface area contributed by atoms with Crippen LogP contribution in [0.4, 0.5) is 0 Å². The average molecular weight is 384 g/mol. The molecule has 0 aliphatic carbocycles. The van der Waals surface area contributed by atoms with E-state index < -0.39 is 6.04 Å². The van der Waals surface area contributed by atoms with Crippen LogP contribution >= 0.6 is 0 Å². The van der Waals surface area contributed by atoms with E-state index in [9.17, 15) is 10.1 Å². The Morgan fingerprint density at radius 2 is 2.00 bits per heavy atom. The highest BCUT2D eigenvalue weighted by Crippen LogP contribution is 2.27. The Morgan fingerprint density at radius 1 is 1.17 bits per heavy atom. The first kappa shape index (κ1) is 19.1. The van der Waals surface area contributed by atoms with Crippen molar-refractivity contribution < 1.29 is 4.79 Å². The Morgan fingerprint density at radius 3 is 2.76 bits per heavy atom. The van der Waals surface area contributed by atoms with Crippen LogP contribution in [0.1, 0.15) is 24.8 Å². The molecule has 3 aromatic rings. The quantitative estimate of drug-likeness (QED) is 0.705. The number of hydrogen-bond donors (Lipinski definition) is 2. The number of pyridine rings is 1. The number of nitrogens with one attached hydrogen (secondary N) is 2. The number of para-hydroxylation sites is 1. The smallest absolute Gasteiger partial charge is 0.238 e. The van der Waals surface area contributed by atoms with Crippen molar-refractivity contribution in [2.45, 2.75) is 37.8 Å². The maximum absolute atomic E-state index is 12.4. The van der Waals surface area contributed by atoms with Crippen LogP contribution in [0.3, 0.4) is 0 Å². The lowest BCUT2D eigenvalue weighted by atomic mass is 9.98. The highest BCUT2D eigenvalue weighted by atomic mass is 16.2. The summed E-state index contributed by atoms with van der Waals surface area (Å²) in [4.78, 5) is 16.9. The van der Waals surface area contributed by atoms with Crippen LogP contribution in [-0.4, -0.2) is 29.5 Å². The summed E-state index contributed by atoms with van der Waals surface area (Å²) in [6.45, 7) is 0.861. The Hall–Kier alpha value is -3.23. The number of amides is 1. The molecule has 1 aliphatic rings. The van der Waals surface area contributed by atoms with Crippen molar-refractivity contribution in [1.82, 2.24) is 15.6 Å². The molecule has 0 bridgehead atoms. The molecule has 29 heavy (non-hydrogen) atoms. The fraction of sp³-hybridized carbons (Fsp3) is 0.292. The maximum Gasteiger partial charge on any atom is 0.238 e. The number of aromatic nitrogens is 1. The Balaban J connectivity index is 1.46. The second kappa shape index (κ2) is 8.85. The third kappa shape index (κ3) is 4.44. The molecule has 146 valence electrons. The predicted octanol–water partition coefficient (Wildman–Crippen LogP) is 3.59. The van der Waals surface area contributed by atoms with Crippen LogP contribution < -0.4 is 10.6 Å². The van der Waals surface area contributed by atoms with Gasteiger partial charge in [0.15, 0.2) is 0 Å². The zero-order valence-electron chi connectivity index (χ0n) is 16.3. The van der Waals surface area contributed by atoms with Gasteiger partial charge in [-0.05, 0) is 36.6 Å². The molecule has 2 N–H and O–H groups in total. The first-order valence-corrected chi connectivity index (χ1v) is 10.1. The van der Waals surface area contributed by atoms with Crippen molar-refractivity contribution in [2.75, 3.05) is 6.54 Å². The maximum atomic E-state index is 12.4. The second-order valence-electron chi connectivity index (χ2n) is 7.47. The summed E-state index contributed by atoms with van der Waals surface area (Å²) >= 11 is 0. The summed E-state index contributed by atoms with van der Waals surface area (Å²) in [5, 5.41) is 16.7. The van der Waals surface area contributed by atoms with Gasteiger partial charge in [0.2, 0.25) is 5.91 Å². The van der Waals surface area contributed by atoms with Crippen LogP contribution in [0.15, 0.2) is 60.8 Å². The fourth-order valence-electron chi connectivity index (χ4n) is 3.87. The van der Waals surface area contributed by atoms with E-state index in [1.54, 1.807) is 0 Å². The van der Waals surface area contributed by atoms with Gasteiger partial charge in [-0.2, -0.15) is 5.26 Å². The molecule has 5 heteroatoms. The number of fused-ring (bicyclic) bond motifs is 1. The van der Waals surface area contributed by atoms with Gasteiger partial charge < -0.3 is 10.6 Å². The number of benzene rings is 2. The molecule has 5 nitrogen and oxygen atoms in total. The standard InChI is InChI=1S/C24H24N4O/c25-16-20(28-24(29)22-8-1-2-13-26-22)15-17-9-11-18(12-10-17)21-7-3-5-19-6-4-14-27-23(19)21/h3-7,9-12,14,20,22,26H,1-2,8,13,15H2,(H,28,29)/t20-,22-/m0/s1. The van der Waals surface area contributed by atoms with Gasteiger partial charge in [-0.25, -0.2) is 0 Å². The molecule has 4 rings (SSSR count). The lowest BCUT2D eigenvalue weighted by Crippen LogP contribution is -2.49. The third-order valence-corrected chi connectivity index (χ3v) is 5.44. The summed E-state index contributed by atoms with van der Waals surface area (Å²) in [6.07, 6.45) is 5.28. The van der Waals surface area contributed by atoms with Gasteiger partial charge in [0.25, 0.3) is 0 Å². The van der Waals surface area contributed by atoms with Gasteiger partial charge in [0.05, 0.1) is 17.6 Å². The van der Waals surface area contributed by atoms with Gasteiger partial charge in [0, 0.05) is 23.6 Å². The lowest BCUT2D eigenvalue weighted by Gasteiger charge is -2.23. The van der Waals surface area contributed by atoms with Crippen LogP contribution in [0.5, 0.6) is 0 Å². The fourth-order valence-corrected chi connectivity index (χ4v) is 3.87. The van der Waals surface area contributed by atoms with E-state index in [2.05, 4.69) is 52.0 Å². The van der Waals surface area contributed by atoms with E-state index in [4.69, 9.17) is 0 Å². The van der Waals surface area contributed by atoms with Crippen molar-refractivity contribution >= 4 is 16.8 Å². The number of carbonyl (C=O) groups is 1. The molecule has 1 saturated heterocycles. The molecule has 0 unspecified atom stereocenters. The van der Waals surface area contributed by atoms with Gasteiger partial charge >= 0.3 is 0 Å². The Labute approximate surface area is 170 Å². The monoisotopic (exact) mass is 384 g/mol. The number of rotatable bonds is 5. The summed E-state index contributed by atoms with van der Waals surface area (Å²) in [5.74, 6) is -0.0744. The molecule has 2 atom stereocenters. The predicted molar refractivity (Wildman–Crippen MR) is 114 cm³/mol. The molecule has 0 saturated carbocycles. The highest BCUT2D eigenvalue weighted by molar-refractivity contribution is 5.93. The van der Waals surface area contributed by atoms with Gasteiger partial charge in [0.1, 0.15) is 6.04 Å². The van der Waals surface area contributed by atoms with Gasteiger partial charge in [-0.3, -0.25) is 9.78 Å². The third-order valence-electron chi connectivity index (χ3n) is 5.44. The number of hydrogen-bond acceptors (Lipinski definition) is 4. The van der Waals surface area contributed by atoms with Crippen molar-refractivity contribution in [3.63, 3.8) is 0 Å². The Bertz CT molecular complexity index is 1030. The zero-order chi connectivity index (χ0) is 20.1. The lowest BCUT2D eigenvalue weighted by molar-refractivity contribution is -0.124. The SMILES string of the molecule is N#C[C@H](Cc1ccc(-c2cccc3cccnc23)cc1)NC(=O)[C@@H]1CCCCN1. The van der Waals surface area contributed by atoms with Crippen molar-refractivity contribution in [3.05, 3.63) is 66.4 Å². The minimum atomic E-state index is -0.531. The topological polar surface area (TPSA) is 77.8 Å². The van der Waals surface area contributed by atoms with E-state index in [1.807, 2.05) is 30.5 Å². The zero-order valence-corrected chi connectivity index (χ0v) is 16.3. The number of piperidine rings is 1. The van der Waals surface area contributed by atoms with Crippen LogP contribution in [0.2, 0.25) is 0 Å². The first-order valence-electron chi connectivity index (χ1n) is 10.1. The molecule has 0 radical (unpaired) electrons. The molecule has 2 aromatic carbocycles. The van der Waals surface area contributed by atoms with Crippen molar-refractivity contribution in [2.24, 2.45) is 0 Å². The highest BCUT2D eigenvalue weighted by Gasteiger charge is 2.23.